The monoisotopic (exact) mass is 385 g/mol. The summed E-state index contributed by atoms with van der Waals surface area (Å²) in [5.41, 5.74) is -2.54. The SMILES string of the molecule is O=C(O)c1cn(CCF)c2c(F)c(N3CCNCC3CO)c(F)cc2c1=O. The molecular weight excluding hydrogens is 367 g/mol. The Labute approximate surface area is 151 Å². The summed E-state index contributed by atoms with van der Waals surface area (Å²) < 4.78 is 44.0. The molecule has 0 radical (unpaired) electrons. The number of hydrogen-bond donors (Lipinski definition) is 3. The molecule has 1 saturated heterocycles. The van der Waals surface area contributed by atoms with E-state index in [9.17, 15) is 23.5 Å². The van der Waals surface area contributed by atoms with Crippen LogP contribution in [-0.2, 0) is 6.54 Å². The zero-order chi connectivity index (χ0) is 19.7. The molecule has 27 heavy (non-hydrogen) atoms. The largest absolute Gasteiger partial charge is 0.477 e. The molecule has 1 fully saturated rings. The fourth-order valence-corrected chi connectivity index (χ4v) is 3.38. The molecule has 1 aromatic carbocycles. The number of rotatable bonds is 5. The van der Waals surface area contributed by atoms with E-state index < -0.39 is 58.9 Å². The summed E-state index contributed by atoms with van der Waals surface area (Å²) in [6.45, 7) is -0.726. The van der Waals surface area contributed by atoms with E-state index >= 15 is 4.39 Å². The molecule has 2 aromatic rings. The van der Waals surface area contributed by atoms with Gasteiger partial charge < -0.3 is 25.0 Å². The number of hydrogen-bond acceptors (Lipinski definition) is 5. The summed E-state index contributed by atoms with van der Waals surface area (Å²) in [6.07, 6.45) is 0.860. The second-order valence-corrected chi connectivity index (χ2v) is 6.21. The molecule has 2 heterocycles. The van der Waals surface area contributed by atoms with Gasteiger partial charge in [-0.15, -0.1) is 0 Å². The zero-order valence-electron chi connectivity index (χ0n) is 14.2. The molecule has 3 N–H and O–H groups in total. The van der Waals surface area contributed by atoms with E-state index in [1.165, 1.54) is 4.90 Å². The van der Waals surface area contributed by atoms with Crippen molar-refractivity contribution in [1.29, 1.82) is 0 Å². The Morgan fingerprint density at radius 2 is 2.11 bits per heavy atom. The number of aliphatic hydroxyl groups excluding tert-OH is 1. The number of anilines is 1. The Kier molecular flexibility index (Phi) is 5.38. The van der Waals surface area contributed by atoms with Crippen LogP contribution in [0.15, 0.2) is 17.1 Å². The molecule has 1 aliphatic rings. The van der Waals surface area contributed by atoms with Crippen molar-refractivity contribution in [2.45, 2.75) is 12.6 Å². The van der Waals surface area contributed by atoms with Crippen LogP contribution in [0.3, 0.4) is 0 Å². The highest BCUT2D eigenvalue weighted by Gasteiger charge is 2.30. The first-order valence-electron chi connectivity index (χ1n) is 8.33. The number of piperazine rings is 1. The van der Waals surface area contributed by atoms with Gasteiger partial charge in [0.05, 0.1) is 30.1 Å². The first-order chi connectivity index (χ1) is 12.9. The van der Waals surface area contributed by atoms with E-state index in [0.29, 0.717) is 13.1 Å². The molecule has 0 spiro atoms. The van der Waals surface area contributed by atoms with Crippen molar-refractivity contribution in [2.75, 3.05) is 37.8 Å². The Hall–Kier alpha value is -2.59. The van der Waals surface area contributed by atoms with Crippen LogP contribution in [0.5, 0.6) is 0 Å². The molecule has 10 heteroatoms. The van der Waals surface area contributed by atoms with E-state index in [1.807, 2.05) is 0 Å². The summed E-state index contributed by atoms with van der Waals surface area (Å²) >= 11 is 0. The fraction of sp³-hybridized carbons (Fsp3) is 0.412. The molecule has 1 unspecified atom stereocenters. The van der Waals surface area contributed by atoms with Gasteiger partial charge in [0.1, 0.15) is 23.7 Å². The van der Waals surface area contributed by atoms with Crippen LogP contribution in [0.25, 0.3) is 10.9 Å². The van der Waals surface area contributed by atoms with Gasteiger partial charge in [0, 0.05) is 25.8 Å². The number of aliphatic hydroxyl groups is 1. The predicted octanol–water partition coefficient (Wildman–Crippen LogP) is 0.718. The van der Waals surface area contributed by atoms with Gasteiger partial charge in [-0.2, -0.15) is 0 Å². The molecule has 0 amide bonds. The molecular formula is C17H18F3N3O4. The van der Waals surface area contributed by atoms with Crippen LogP contribution in [0, 0.1) is 11.6 Å². The number of nitrogens with zero attached hydrogens (tertiary/aromatic N) is 2. The number of pyridine rings is 1. The highest BCUT2D eigenvalue weighted by molar-refractivity contribution is 5.93. The number of aromatic carboxylic acids is 1. The number of nitrogens with one attached hydrogen (secondary N) is 1. The number of aryl methyl sites for hydroxylation is 1. The van der Waals surface area contributed by atoms with Crippen molar-refractivity contribution in [1.82, 2.24) is 9.88 Å². The maximum absolute atomic E-state index is 15.3. The van der Waals surface area contributed by atoms with Crippen LogP contribution in [0.2, 0.25) is 0 Å². The molecule has 1 aromatic heterocycles. The Morgan fingerprint density at radius 1 is 1.37 bits per heavy atom. The summed E-state index contributed by atoms with van der Waals surface area (Å²) in [5, 5.41) is 21.2. The number of fused-ring (bicyclic) bond motifs is 1. The van der Waals surface area contributed by atoms with Gasteiger partial charge in [-0.25, -0.2) is 18.0 Å². The fourth-order valence-electron chi connectivity index (χ4n) is 3.38. The lowest BCUT2D eigenvalue weighted by Crippen LogP contribution is -2.53. The van der Waals surface area contributed by atoms with E-state index in [-0.39, 0.29) is 18.7 Å². The quantitative estimate of drug-likeness (QED) is 0.702. The standard InChI is InChI=1S/C17H18F3N3O4/c18-1-3-22-7-11(17(26)27)16(25)10-5-12(19)15(13(20)14(10)22)23-4-2-21-6-9(23)8-24/h5,7,9,21,24H,1-4,6,8H2,(H,26,27). The third kappa shape index (κ3) is 3.26. The highest BCUT2D eigenvalue weighted by Crippen LogP contribution is 2.31. The number of benzene rings is 1. The van der Waals surface area contributed by atoms with Gasteiger partial charge in [0.2, 0.25) is 5.43 Å². The second-order valence-electron chi connectivity index (χ2n) is 6.21. The minimum Gasteiger partial charge on any atom is -0.477 e. The van der Waals surface area contributed by atoms with Crippen molar-refractivity contribution in [3.05, 3.63) is 39.7 Å². The van der Waals surface area contributed by atoms with E-state index in [1.54, 1.807) is 0 Å². The molecule has 1 aliphatic heterocycles. The minimum atomic E-state index is -1.57. The Morgan fingerprint density at radius 3 is 2.74 bits per heavy atom. The first-order valence-corrected chi connectivity index (χ1v) is 8.33. The predicted molar refractivity (Wildman–Crippen MR) is 92.1 cm³/mol. The number of halogens is 3. The summed E-state index contributed by atoms with van der Waals surface area (Å²) in [6, 6.07) is 0.188. The van der Waals surface area contributed by atoms with Crippen molar-refractivity contribution in [3.8, 4) is 0 Å². The lowest BCUT2D eigenvalue weighted by atomic mass is 10.1. The molecule has 7 nitrogen and oxygen atoms in total. The van der Waals surface area contributed by atoms with Crippen LogP contribution in [-0.4, -0.2) is 59.7 Å². The smallest absolute Gasteiger partial charge is 0.341 e. The van der Waals surface area contributed by atoms with Crippen LogP contribution in [0.4, 0.5) is 18.9 Å². The topological polar surface area (TPSA) is 94.8 Å². The average Bonchev–Trinajstić information content (AvgIpc) is 2.64. The number of carboxylic acid groups (broad SMARTS) is 1. The van der Waals surface area contributed by atoms with Gasteiger partial charge in [-0.05, 0) is 6.07 Å². The number of alkyl halides is 1. The third-order valence-corrected chi connectivity index (χ3v) is 4.63. The lowest BCUT2D eigenvalue weighted by molar-refractivity contribution is 0.0694. The van der Waals surface area contributed by atoms with E-state index in [4.69, 9.17) is 5.11 Å². The Bertz CT molecular complexity index is 947. The average molecular weight is 385 g/mol. The number of carbonyl (C=O) groups is 1. The lowest BCUT2D eigenvalue weighted by Gasteiger charge is -2.37. The van der Waals surface area contributed by atoms with Crippen molar-refractivity contribution < 1.29 is 28.2 Å². The molecule has 1 atom stereocenters. The van der Waals surface area contributed by atoms with Gasteiger partial charge in [-0.1, -0.05) is 0 Å². The molecule has 0 bridgehead atoms. The summed E-state index contributed by atoms with van der Waals surface area (Å²) in [4.78, 5) is 25.0. The number of aromatic nitrogens is 1. The van der Waals surface area contributed by atoms with Crippen molar-refractivity contribution in [2.24, 2.45) is 0 Å². The van der Waals surface area contributed by atoms with E-state index in [2.05, 4.69) is 5.32 Å². The zero-order valence-corrected chi connectivity index (χ0v) is 14.2. The molecule has 146 valence electrons. The highest BCUT2D eigenvalue weighted by atomic mass is 19.1. The first kappa shape index (κ1) is 19.2. The molecule has 0 aliphatic carbocycles. The maximum atomic E-state index is 15.3. The van der Waals surface area contributed by atoms with Gasteiger partial charge in [0.25, 0.3) is 0 Å². The molecule has 3 rings (SSSR count). The van der Waals surface area contributed by atoms with Gasteiger partial charge >= 0.3 is 5.97 Å². The maximum Gasteiger partial charge on any atom is 0.341 e. The Balaban J connectivity index is 2.32. The molecule has 0 saturated carbocycles. The van der Waals surface area contributed by atoms with Crippen LogP contribution in [0.1, 0.15) is 10.4 Å². The van der Waals surface area contributed by atoms with Crippen molar-refractivity contribution in [3.63, 3.8) is 0 Å². The van der Waals surface area contributed by atoms with Gasteiger partial charge in [-0.3, -0.25) is 4.79 Å². The number of carboxylic acids is 1. The van der Waals surface area contributed by atoms with Crippen LogP contribution < -0.4 is 15.6 Å². The minimum absolute atomic E-state index is 0.213. The van der Waals surface area contributed by atoms with E-state index in [0.717, 1.165) is 16.8 Å². The third-order valence-electron chi connectivity index (χ3n) is 4.63. The van der Waals surface area contributed by atoms with Crippen LogP contribution >= 0.6 is 0 Å². The normalized spacial score (nSPS) is 17.5. The second kappa shape index (κ2) is 7.57. The van der Waals surface area contributed by atoms with Gasteiger partial charge in [0.15, 0.2) is 5.82 Å². The summed E-state index contributed by atoms with van der Waals surface area (Å²) in [5.74, 6) is -3.71. The summed E-state index contributed by atoms with van der Waals surface area (Å²) in [7, 11) is 0. The van der Waals surface area contributed by atoms with Crippen molar-refractivity contribution >= 4 is 22.6 Å².